The molecule has 0 radical (unpaired) electrons. The summed E-state index contributed by atoms with van der Waals surface area (Å²) in [6, 6.07) is 0.489. The minimum atomic E-state index is -0.580. The van der Waals surface area contributed by atoms with Crippen LogP contribution in [0.2, 0.25) is 0 Å². The summed E-state index contributed by atoms with van der Waals surface area (Å²) >= 11 is 2.26. The summed E-state index contributed by atoms with van der Waals surface area (Å²) < 4.78 is 8.16. The zero-order valence-electron chi connectivity index (χ0n) is 12.2. The minimum Gasteiger partial charge on any atom is -0.468 e. The second kappa shape index (κ2) is 6.43. The Morgan fingerprint density at radius 2 is 2.40 bits per heavy atom. The predicted octanol–water partition coefficient (Wildman–Crippen LogP) is 2.51. The third-order valence-electron chi connectivity index (χ3n) is 3.81. The topological polar surface area (TPSA) is 56.1 Å². The van der Waals surface area contributed by atoms with Crippen LogP contribution in [-0.4, -0.2) is 34.4 Å². The van der Waals surface area contributed by atoms with Gasteiger partial charge >= 0.3 is 5.97 Å². The first kappa shape index (κ1) is 15.8. The first-order chi connectivity index (χ1) is 9.47. The maximum absolute atomic E-state index is 12.3. The van der Waals surface area contributed by atoms with Gasteiger partial charge in [0.15, 0.2) is 0 Å². The molecule has 1 aliphatic carbocycles. The van der Waals surface area contributed by atoms with Crippen molar-refractivity contribution in [2.45, 2.75) is 57.2 Å². The Kier molecular flexibility index (Phi) is 5.06. The van der Waals surface area contributed by atoms with Crippen molar-refractivity contribution < 1.29 is 9.53 Å². The van der Waals surface area contributed by atoms with E-state index in [2.05, 4.69) is 46.9 Å². The van der Waals surface area contributed by atoms with Gasteiger partial charge in [-0.15, -0.1) is 0 Å². The van der Waals surface area contributed by atoms with E-state index >= 15 is 0 Å². The predicted molar refractivity (Wildman–Crippen MR) is 85.5 cm³/mol. The van der Waals surface area contributed by atoms with Crippen LogP contribution in [-0.2, 0) is 9.53 Å². The molecule has 2 rings (SSSR count). The van der Waals surface area contributed by atoms with Crippen LogP contribution >= 0.6 is 22.6 Å². The molecule has 1 saturated carbocycles. The highest BCUT2D eigenvalue weighted by atomic mass is 127. The Hall–Kier alpha value is -0.630. The molecule has 0 spiro atoms. The zero-order chi connectivity index (χ0) is 14.8. The molecule has 6 heteroatoms. The summed E-state index contributed by atoms with van der Waals surface area (Å²) in [4.78, 5) is 12.3. The third kappa shape index (κ3) is 3.33. The molecule has 0 bridgehead atoms. The van der Waals surface area contributed by atoms with Gasteiger partial charge < -0.3 is 4.74 Å². The molecular weight excluding hydrogens is 369 g/mol. The molecule has 1 heterocycles. The van der Waals surface area contributed by atoms with Crippen molar-refractivity contribution in [3.05, 3.63) is 16.0 Å². The number of ether oxygens (including phenoxy) is 1. The van der Waals surface area contributed by atoms with Crippen LogP contribution in [0.3, 0.4) is 0 Å². The van der Waals surface area contributed by atoms with Crippen LogP contribution in [0.4, 0.5) is 0 Å². The Morgan fingerprint density at radius 3 is 2.95 bits per heavy atom. The number of rotatable bonds is 4. The number of carbonyl (C=O) groups is 1. The number of nitrogens with one attached hydrogen (secondary N) is 1. The van der Waals surface area contributed by atoms with Gasteiger partial charge in [0, 0.05) is 12.2 Å². The van der Waals surface area contributed by atoms with E-state index in [-0.39, 0.29) is 18.1 Å². The molecule has 20 heavy (non-hydrogen) atoms. The zero-order valence-corrected chi connectivity index (χ0v) is 14.4. The van der Waals surface area contributed by atoms with Crippen molar-refractivity contribution in [1.82, 2.24) is 15.1 Å². The summed E-state index contributed by atoms with van der Waals surface area (Å²) in [6.45, 7) is 4.12. The van der Waals surface area contributed by atoms with Crippen molar-refractivity contribution in [1.29, 1.82) is 0 Å². The van der Waals surface area contributed by atoms with Crippen LogP contribution in [0, 0.1) is 3.57 Å². The summed E-state index contributed by atoms with van der Waals surface area (Å²) in [6.07, 6.45) is 7.49. The maximum Gasteiger partial charge on any atom is 0.326 e. The summed E-state index contributed by atoms with van der Waals surface area (Å²) in [5.41, 5.74) is -0.580. The quantitative estimate of drug-likeness (QED) is 0.633. The van der Waals surface area contributed by atoms with Crippen LogP contribution in [0.15, 0.2) is 12.4 Å². The van der Waals surface area contributed by atoms with E-state index in [1.807, 2.05) is 17.1 Å². The molecule has 5 nitrogen and oxygen atoms in total. The van der Waals surface area contributed by atoms with Gasteiger partial charge in [0.2, 0.25) is 0 Å². The lowest BCUT2D eigenvalue weighted by Gasteiger charge is -2.40. The molecule has 0 aromatic carbocycles. The summed E-state index contributed by atoms with van der Waals surface area (Å²) in [7, 11) is 1.46. The molecule has 2 atom stereocenters. The van der Waals surface area contributed by atoms with Crippen LogP contribution in [0.25, 0.3) is 0 Å². The largest absolute Gasteiger partial charge is 0.468 e. The molecule has 112 valence electrons. The normalized spacial score (nSPS) is 26.8. The number of hydrogen-bond acceptors (Lipinski definition) is 4. The fourth-order valence-corrected chi connectivity index (χ4v) is 3.52. The highest BCUT2D eigenvalue weighted by Gasteiger charge is 2.44. The molecule has 0 amide bonds. The van der Waals surface area contributed by atoms with Gasteiger partial charge in [-0.25, -0.2) is 0 Å². The van der Waals surface area contributed by atoms with Crippen molar-refractivity contribution in [2.75, 3.05) is 7.11 Å². The fourth-order valence-electron chi connectivity index (χ4n) is 3.11. The number of nitrogens with zero attached hydrogens (tertiary/aromatic N) is 2. The Labute approximate surface area is 133 Å². The van der Waals surface area contributed by atoms with Crippen LogP contribution in [0.5, 0.6) is 0 Å². The molecule has 0 aliphatic heterocycles. The number of carbonyl (C=O) groups excluding carboxylic acids is 1. The summed E-state index contributed by atoms with van der Waals surface area (Å²) in [5, 5.41) is 7.83. The van der Waals surface area contributed by atoms with Gasteiger partial charge in [0.1, 0.15) is 5.54 Å². The molecule has 1 N–H and O–H groups in total. The van der Waals surface area contributed by atoms with Gasteiger partial charge in [-0.3, -0.25) is 14.8 Å². The van der Waals surface area contributed by atoms with Gasteiger partial charge in [0.05, 0.1) is 22.9 Å². The van der Waals surface area contributed by atoms with E-state index in [1.165, 1.54) is 7.11 Å². The second-order valence-corrected chi connectivity index (χ2v) is 7.01. The van der Waals surface area contributed by atoms with E-state index in [1.54, 1.807) is 0 Å². The molecule has 2 unspecified atom stereocenters. The Balaban J connectivity index is 2.22. The SMILES string of the molecule is COC(=O)C1(NC(C)C)CCCC(n2cc(I)cn2)C1. The number of halogens is 1. The fraction of sp³-hybridized carbons (Fsp3) is 0.714. The molecule has 1 aliphatic rings. The summed E-state index contributed by atoms with van der Waals surface area (Å²) in [5.74, 6) is -0.155. The molecular formula is C14H22IN3O2. The van der Waals surface area contributed by atoms with E-state index in [0.29, 0.717) is 0 Å². The minimum absolute atomic E-state index is 0.155. The highest BCUT2D eigenvalue weighted by Crippen LogP contribution is 2.36. The van der Waals surface area contributed by atoms with E-state index < -0.39 is 5.54 Å². The first-order valence-electron chi connectivity index (χ1n) is 7.02. The van der Waals surface area contributed by atoms with Crippen molar-refractivity contribution in [3.63, 3.8) is 0 Å². The lowest BCUT2D eigenvalue weighted by atomic mass is 9.78. The van der Waals surface area contributed by atoms with Crippen LogP contribution < -0.4 is 5.32 Å². The molecule has 1 aromatic heterocycles. The van der Waals surface area contributed by atoms with E-state index in [0.717, 1.165) is 29.3 Å². The maximum atomic E-state index is 12.3. The highest BCUT2D eigenvalue weighted by molar-refractivity contribution is 14.1. The smallest absolute Gasteiger partial charge is 0.326 e. The third-order valence-corrected chi connectivity index (χ3v) is 4.37. The monoisotopic (exact) mass is 391 g/mol. The number of methoxy groups -OCH3 is 1. The molecule has 1 fully saturated rings. The van der Waals surface area contributed by atoms with Gasteiger partial charge in [0.25, 0.3) is 0 Å². The van der Waals surface area contributed by atoms with Crippen molar-refractivity contribution in [3.8, 4) is 0 Å². The van der Waals surface area contributed by atoms with Gasteiger partial charge in [-0.1, -0.05) is 0 Å². The van der Waals surface area contributed by atoms with Crippen LogP contribution in [0.1, 0.15) is 45.6 Å². The number of hydrogen-bond donors (Lipinski definition) is 1. The van der Waals surface area contributed by atoms with Crippen molar-refractivity contribution >= 4 is 28.6 Å². The van der Waals surface area contributed by atoms with E-state index in [4.69, 9.17) is 4.74 Å². The lowest BCUT2D eigenvalue weighted by molar-refractivity contribution is -0.151. The average molecular weight is 391 g/mol. The van der Waals surface area contributed by atoms with Gasteiger partial charge in [-0.05, 0) is 62.1 Å². The second-order valence-electron chi connectivity index (χ2n) is 5.76. The average Bonchev–Trinajstić information content (AvgIpc) is 2.84. The number of esters is 1. The standard InChI is InChI=1S/C14H22IN3O2/c1-10(2)17-14(13(19)20-3)6-4-5-12(7-14)18-9-11(15)8-16-18/h8-10,12,17H,4-7H2,1-3H3. The molecule has 1 aromatic rings. The van der Waals surface area contributed by atoms with Crippen molar-refractivity contribution in [2.24, 2.45) is 0 Å². The first-order valence-corrected chi connectivity index (χ1v) is 8.10. The Bertz CT molecular complexity index is 475. The molecule has 0 saturated heterocycles. The number of aromatic nitrogens is 2. The van der Waals surface area contributed by atoms with E-state index in [9.17, 15) is 4.79 Å². The van der Waals surface area contributed by atoms with Gasteiger partial charge in [-0.2, -0.15) is 5.10 Å². The lowest BCUT2D eigenvalue weighted by Crippen LogP contribution is -2.57. The Morgan fingerprint density at radius 1 is 1.65 bits per heavy atom.